The topological polar surface area (TPSA) is 20.3 Å². The molecule has 14 heavy (non-hydrogen) atoms. The van der Waals surface area contributed by atoms with E-state index in [4.69, 9.17) is 0 Å². The van der Waals surface area contributed by atoms with Crippen molar-refractivity contribution in [3.63, 3.8) is 0 Å². The first-order chi connectivity index (χ1) is 6.66. The Labute approximate surface area is 97.4 Å². The molecule has 1 aromatic rings. The van der Waals surface area contributed by atoms with Crippen LogP contribution in [0.5, 0.6) is 0 Å². The highest BCUT2D eigenvalue weighted by atomic mass is 127. The average molecular weight is 301 g/mol. The molecule has 0 aromatic heterocycles. The zero-order valence-corrected chi connectivity index (χ0v) is 10.2. The van der Waals surface area contributed by atoms with Crippen LogP contribution in [0.1, 0.15) is 22.3 Å². The van der Waals surface area contributed by atoms with E-state index in [0.717, 1.165) is 34.2 Å². The standard InChI is InChI=1S/C11H12INO/c1-8-5-9(7-10(12)6-8)11(14)13-3-2-4-13/h5-7H,2-4H2,1H3. The first kappa shape index (κ1) is 9.96. The molecule has 74 valence electrons. The Bertz CT molecular complexity index is 351. The van der Waals surface area contributed by atoms with Crippen LogP contribution in [0.15, 0.2) is 18.2 Å². The van der Waals surface area contributed by atoms with Gasteiger partial charge < -0.3 is 4.90 Å². The molecule has 0 saturated carbocycles. The van der Waals surface area contributed by atoms with Gasteiger partial charge in [0.15, 0.2) is 0 Å². The summed E-state index contributed by atoms with van der Waals surface area (Å²) in [5.41, 5.74) is 1.98. The molecule has 0 aliphatic carbocycles. The summed E-state index contributed by atoms with van der Waals surface area (Å²) in [7, 11) is 0. The Balaban J connectivity index is 2.26. The van der Waals surface area contributed by atoms with E-state index in [9.17, 15) is 4.79 Å². The van der Waals surface area contributed by atoms with Crippen molar-refractivity contribution in [2.24, 2.45) is 0 Å². The zero-order chi connectivity index (χ0) is 10.1. The van der Waals surface area contributed by atoms with Crippen LogP contribution in [0.25, 0.3) is 0 Å². The number of rotatable bonds is 1. The highest BCUT2D eigenvalue weighted by molar-refractivity contribution is 14.1. The first-order valence-corrected chi connectivity index (χ1v) is 5.81. The number of amides is 1. The minimum atomic E-state index is 0.179. The molecule has 1 amide bonds. The van der Waals surface area contributed by atoms with E-state index in [0.29, 0.717) is 0 Å². The Morgan fingerprint density at radius 3 is 2.57 bits per heavy atom. The van der Waals surface area contributed by atoms with Gasteiger partial charge in [-0.05, 0) is 59.7 Å². The number of carbonyl (C=O) groups is 1. The Kier molecular flexibility index (Phi) is 2.76. The lowest BCUT2D eigenvalue weighted by molar-refractivity contribution is 0.0651. The molecule has 0 unspecified atom stereocenters. The SMILES string of the molecule is Cc1cc(I)cc(C(=O)N2CCC2)c1. The van der Waals surface area contributed by atoms with Crippen molar-refractivity contribution in [3.8, 4) is 0 Å². The van der Waals surface area contributed by atoms with Crippen LogP contribution in [0, 0.1) is 10.5 Å². The Morgan fingerprint density at radius 2 is 2.07 bits per heavy atom. The van der Waals surface area contributed by atoms with Crippen molar-refractivity contribution in [1.29, 1.82) is 0 Å². The molecular weight excluding hydrogens is 289 g/mol. The number of benzene rings is 1. The van der Waals surface area contributed by atoms with Gasteiger partial charge in [0.25, 0.3) is 5.91 Å². The Hall–Kier alpha value is -0.580. The van der Waals surface area contributed by atoms with Crippen LogP contribution in [0.4, 0.5) is 0 Å². The lowest BCUT2D eigenvalue weighted by Gasteiger charge is -2.31. The summed E-state index contributed by atoms with van der Waals surface area (Å²) in [5.74, 6) is 0.179. The number of hydrogen-bond acceptors (Lipinski definition) is 1. The van der Waals surface area contributed by atoms with Crippen LogP contribution >= 0.6 is 22.6 Å². The maximum absolute atomic E-state index is 11.9. The maximum atomic E-state index is 11.9. The highest BCUT2D eigenvalue weighted by Gasteiger charge is 2.21. The summed E-state index contributed by atoms with van der Waals surface area (Å²) in [6.45, 7) is 3.86. The number of nitrogens with zero attached hydrogens (tertiary/aromatic N) is 1. The molecule has 2 rings (SSSR count). The van der Waals surface area contributed by atoms with Gasteiger partial charge in [0.1, 0.15) is 0 Å². The summed E-state index contributed by atoms with van der Waals surface area (Å²) in [5, 5.41) is 0. The van der Waals surface area contributed by atoms with Gasteiger partial charge in [-0.2, -0.15) is 0 Å². The number of aryl methyl sites for hydroxylation is 1. The van der Waals surface area contributed by atoms with Crippen LogP contribution < -0.4 is 0 Å². The lowest BCUT2D eigenvalue weighted by atomic mass is 10.1. The van der Waals surface area contributed by atoms with E-state index in [1.165, 1.54) is 0 Å². The molecule has 1 aliphatic heterocycles. The average Bonchev–Trinajstić information content (AvgIpc) is 1.98. The van der Waals surface area contributed by atoms with Crippen LogP contribution in [-0.4, -0.2) is 23.9 Å². The fourth-order valence-corrected chi connectivity index (χ4v) is 2.39. The lowest BCUT2D eigenvalue weighted by Crippen LogP contribution is -2.42. The fraction of sp³-hybridized carbons (Fsp3) is 0.364. The molecule has 1 heterocycles. The van der Waals surface area contributed by atoms with Gasteiger partial charge in [-0.15, -0.1) is 0 Å². The predicted octanol–water partition coefficient (Wildman–Crippen LogP) is 2.45. The molecule has 2 nitrogen and oxygen atoms in total. The summed E-state index contributed by atoms with van der Waals surface area (Å²) in [6, 6.07) is 5.99. The number of likely N-dealkylation sites (tertiary alicyclic amines) is 1. The Morgan fingerprint density at radius 1 is 1.36 bits per heavy atom. The normalized spacial score (nSPS) is 15.1. The third-order valence-corrected chi connectivity index (χ3v) is 3.06. The second-order valence-electron chi connectivity index (χ2n) is 3.66. The molecule has 0 bridgehead atoms. The van der Waals surface area contributed by atoms with Gasteiger partial charge in [-0.3, -0.25) is 4.79 Å². The minimum absolute atomic E-state index is 0.179. The third-order valence-electron chi connectivity index (χ3n) is 2.43. The maximum Gasteiger partial charge on any atom is 0.253 e. The molecule has 0 atom stereocenters. The number of hydrogen-bond donors (Lipinski definition) is 0. The third kappa shape index (κ3) is 1.92. The first-order valence-electron chi connectivity index (χ1n) is 4.73. The van der Waals surface area contributed by atoms with E-state index >= 15 is 0 Å². The summed E-state index contributed by atoms with van der Waals surface area (Å²) >= 11 is 2.25. The highest BCUT2D eigenvalue weighted by Crippen LogP contribution is 2.16. The van der Waals surface area contributed by atoms with Gasteiger partial charge in [0, 0.05) is 22.2 Å². The summed E-state index contributed by atoms with van der Waals surface area (Å²) in [6.07, 6.45) is 1.15. The van der Waals surface area contributed by atoms with Crippen LogP contribution in [-0.2, 0) is 0 Å². The van der Waals surface area contributed by atoms with Gasteiger partial charge >= 0.3 is 0 Å². The number of carbonyl (C=O) groups excluding carboxylic acids is 1. The molecule has 0 radical (unpaired) electrons. The fourth-order valence-electron chi connectivity index (χ4n) is 1.56. The monoisotopic (exact) mass is 301 g/mol. The smallest absolute Gasteiger partial charge is 0.253 e. The van der Waals surface area contributed by atoms with Gasteiger partial charge in [-0.25, -0.2) is 0 Å². The molecule has 1 fully saturated rings. The molecule has 1 saturated heterocycles. The van der Waals surface area contributed by atoms with Crippen molar-refractivity contribution >= 4 is 28.5 Å². The molecular formula is C11H12INO. The van der Waals surface area contributed by atoms with Crippen molar-refractivity contribution in [3.05, 3.63) is 32.9 Å². The van der Waals surface area contributed by atoms with Crippen molar-refractivity contribution < 1.29 is 4.79 Å². The largest absolute Gasteiger partial charge is 0.339 e. The van der Waals surface area contributed by atoms with E-state index in [2.05, 4.69) is 28.7 Å². The summed E-state index contributed by atoms with van der Waals surface area (Å²) < 4.78 is 1.13. The number of halogens is 1. The van der Waals surface area contributed by atoms with E-state index in [-0.39, 0.29) is 5.91 Å². The van der Waals surface area contributed by atoms with E-state index < -0.39 is 0 Å². The summed E-state index contributed by atoms with van der Waals surface area (Å²) in [4.78, 5) is 13.7. The van der Waals surface area contributed by atoms with Crippen molar-refractivity contribution in [1.82, 2.24) is 4.90 Å². The zero-order valence-electron chi connectivity index (χ0n) is 8.09. The van der Waals surface area contributed by atoms with Gasteiger partial charge in [-0.1, -0.05) is 0 Å². The van der Waals surface area contributed by atoms with Crippen molar-refractivity contribution in [2.75, 3.05) is 13.1 Å². The van der Waals surface area contributed by atoms with E-state index in [1.807, 2.05) is 24.0 Å². The predicted molar refractivity (Wildman–Crippen MR) is 64.4 cm³/mol. The van der Waals surface area contributed by atoms with Crippen LogP contribution in [0.3, 0.4) is 0 Å². The molecule has 1 aromatic carbocycles. The second-order valence-corrected chi connectivity index (χ2v) is 4.91. The minimum Gasteiger partial charge on any atom is -0.339 e. The molecule has 1 aliphatic rings. The molecule has 3 heteroatoms. The van der Waals surface area contributed by atoms with Gasteiger partial charge in [0.05, 0.1) is 0 Å². The quantitative estimate of drug-likeness (QED) is 0.730. The van der Waals surface area contributed by atoms with Gasteiger partial charge in [0.2, 0.25) is 0 Å². The van der Waals surface area contributed by atoms with E-state index in [1.54, 1.807) is 0 Å². The van der Waals surface area contributed by atoms with Crippen molar-refractivity contribution in [2.45, 2.75) is 13.3 Å². The van der Waals surface area contributed by atoms with Crippen LogP contribution in [0.2, 0.25) is 0 Å². The molecule has 0 N–H and O–H groups in total. The second kappa shape index (κ2) is 3.88. The molecule has 0 spiro atoms.